The quantitative estimate of drug-likeness (QED) is 0.495. The zero-order chi connectivity index (χ0) is 24.5. The van der Waals surface area contributed by atoms with Crippen molar-refractivity contribution in [3.63, 3.8) is 0 Å². The van der Waals surface area contributed by atoms with Gasteiger partial charge in [0, 0.05) is 41.5 Å². The average molecular weight is 473 g/mol. The molecule has 4 atom stereocenters. The molecule has 0 unspecified atom stereocenters. The molecule has 35 heavy (non-hydrogen) atoms. The molecule has 2 aromatic carbocycles. The Morgan fingerprint density at radius 2 is 1.89 bits per heavy atom. The van der Waals surface area contributed by atoms with Gasteiger partial charge in [0.25, 0.3) is 0 Å². The van der Waals surface area contributed by atoms with E-state index < -0.39 is 17.4 Å². The van der Waals surface area contributed by atoms with E-state index in [-0.39, 0.29) is 36.9 Å². The summed E-state index contributed by atoms with van der Waals surface area (Å²) in [6.07, 6.45) is 2.46. The van der Waals surface area contributed by atoms with Gasteiger partial charge >= 0.3 is 0 Å². The van der Waals surface area contributed by atoms with E-state index in [1.54, 1.807) is 7.11 Å². The zero-order valence-electron chi connectivity index (χ0n) is 20.0. The number of carbonyl (C=O) groups excluding carboxylic acids is 3. The number of para-hydroxylation sites is 1. The van der Waals surface area contributed by atoms with Gasteiger partial charge in [0.15, 0.2) is 0 Å². The molecule has 180 valence electrons. The molecule has 3 aromatic rings. The molecule has 6 rings (SSSR count). The highest BCUT2D eigenvalue weighted by Gasteiger charge is 2.70. The van der Waals surface area contributed by atoms with Crippen molar-refractivity contribution in [2.75, 3.05) is 25.6 Å². The van der Waals surface area contributed by atoms with Gasteiger partial charge in [-0.2, -0.15) is 0 Å². The number of imide groups is 1. The standard InChI is InChI=1S/C27H28N4O4/c1-14-10-15(2)23-18(11-14)27(26(34)29-23)22-21(24(32)31(25(22)33)8-9-35-3)20(30-27)12-16-13-28-19-7-5-4-6-17(16)19/h4-7,10-11,13,20-22,28,30H,8-9,12H2,1-3H3,(H,29,34)/t20-,21+,22-,27-/m0/s1. The minimum Gasteiger partial charge on any atom is -0.383 e. The average Bonchev–Trinajstić information content (AvgIpc) is 3.53. The molecule has 8 nitrogen and oxygen atoms in total. The van der Waals surface area contributed by atoms with Gasteiger partial charge in [-0.15, -0.1) is 0 Å². The van der Waals surface area contributed by atoms with Crippen LogP contribution >= 0.6 is 0 Å². The summed E-state index contributed by atoms with van der Waals surface area (Å²) in [7, 11) is 1.54. The van der Waals surface area contributed by atoms with Crippen LogP contribution in [0.1, 0.15) is 22.3 Å². The number of fused-ring (bicyclic) bond motifs is 5. The molecule has 8 heteroatoms. The number of likely N-dealkylation sites (tertiary alicyclic amines) is 1. The Bertz CT molecular complexity index is 1400. The number of amides is 3. The first-order valence-corrected chi connectivity index (χ1v) is 12.0. The molecule has 3 aliphatic heterocycles. The van der Waals surface area contributed by atoms with Crippen LogP contribution < -0.4 is 10.6 Å². The molecule has 2 saturated heterocycles. The molecule has 3 aliphatic rings. The van der Waals surface area contributed by atoms with Crippen molar-refractivity contribution < 1.29 is 19.1 Å². The fourth-order valence-electron chi connectivity index (χ4n) is 6.43. The number of aromatic amines is 1. The lowest BCUT2D eigenvalue weighted by molar-refractivity contribution is -0.143. The van der Waals surface area contributed by atoms with Crippen molar-refractivity contribution in [2.24, 2.45) is 11.8 Å². The lowest BCUT2D eigenvalue weighted by Crippen LogP contribution is -2.53. The van der Waals surface area contributed by atoms with Crippen molar-refractivity contribution in [1.82, 2.24) is 15.2 Å². The minimum absolute atomic E-state index is 0.179. The van der Waals surface area contributed by atoms with Gasteiger partial charge in [-0.25, -0.2) is 0 Å². The number of H-pyrrole nitrogens is 1. The number of aryl methyl sites for hydroxylation is 2. The Labute approximate surface area is 203 Å². The van der Waals surface area contributed by atoms with Crippen LogP contribution in [-0.2, 0) is 31.1 Å². The number of hydrogen-bond acceptors (Lipinski definition) is 5. The van der Waals surface area contributed by atoms with Crippen LogP contribution in [0.15, 0.2) is 42.6 Å². The molecule has 4 heterocycles. The van der Waals surface area contributed by atoms with Gasteiger partial charge in [-0.1, -0.05) is 35.9 Å². The summed E-state index contributed by atoms with van der Waals surface area (Å²) < 4.78 is 5.16. The maximum Gasteiger partial charge on any atom is 0.250 e. The molecule has 1 spiro atoms. The van der Waals surface area contributed by atoms with Crippen LogP contribution in [0.2, 0.25) is 0 Å². The third kappa shape index (κ3) is 2.96. The Hall–Kier alpha value is -3.49. The number of aromatic nitrogens is 1. The predicted molar refractivity (Wildman–Crippen MR) is 131 cm³/mol. The first kappa shape index (κ1) is 22.0. The second-order valence-corrected chi connectivity index (χ2v) is 9.91. The second kappa shape index (κ2) is 7.76. The number of anilines is 1. The number of rotatable bonds is 5. The third-order valence-corrected chi connectivity index (χ3v) is 7.89. The highest BCUT2D eigenvalue weighted by atomic mass is 16.5. The number of ether oxygens (including phenoxy) is 1. The minimum atomic E-state index is -1.29. The molecule has 0 aliphatic carbocycles. The zero-order valence-corrected chi connectivity index (χ0v) is 20.0. The van der Waals surface area contributed by atoms with Gasteiger partial charge in [0.2, 0.25) is 17.7 Å². The smallest absolute Gasteiger partial charge is 0.250 e. The van der Waals surface area contributed by atoms with Crippen molar-refractivity contribution in [2.45, 2.75) is 31.8 Å². The van der Waals surface area contributed by atoms with E-state index in [9.17, 15) is 14.4 Å². The first-order chi connectivity index (χ1) is 16.9. The fraction of sp³-hybridized carbons (Fsp3) is 0.370. The molecular formula is C27H28N4O4. The molecule has 0 bridgehead atoms. The summed E-state index contributed by atoms with van der Waals surface area (Å²) in [5.41, 5.74) is 4.20. The maximum atomic E-state index is 13.8. The monoisotopic (exact) mass is 472 g/mol. The largest absolute Gasteiger partial charge is 0.383 e. The van der Waals surface area contributed by atoms with Crippen LogP contribution in [0, 0.1) is 25.7 Å². The van der Waals surface area contributed by atoms with E-state index in [4.69, 9.17) is 4.74 Å². The lowest BCUT2D eigenvalue weighted by atomic mass is 9.75. The summed E-state index contributed by atoms with van der Waals surface area (Å²) in [5.74, 6) is -2.28. The van der Waals surface area contributed by atoms with Crippen molar-refractivity contribution in [1.29, 1.82) is 0 Å². The third-order valence-electron chi connectivity index (χ3n) is 7.89. The van der Waals surface area contributed by atoms with Gasteiger partial charge in [0.1, 0.15) is 5.54 Å². The number of benzene rings is 2. The number of hydrogen-bond donors (Lipinski definition) is 3. The Morgan fingerprint density at radius 1 is 1.09 bits per heavy atom. The maximum absolute atomic E-state index is 13.8. The summed E-state index contributed by atoms with van der Waals surface area (Å²) >= 11 is 0. The number of nitrogens with one attached hydrogen (secondary N) is 3. The van der Waals surface area contributed by atoms with E-state index in [0.29, 0.717) is 6.42 Å². The van der Waals surface area contributed by atoms with E-state index in [2.05, 4.69) is 15.6 Å². The summed E-state index contributed by atoms with van der Waals surface area (Å²) in [5, 5.41) is 7.64. The van der Waals surface area contributed by atoms with Crippen LogP contribution in [0.25, 0.3) is 10.9 Å². The lowest BCUT2D eigenvalue weighted by Gasteiger charge is -2.29. The first-order valence-electron chi connectivity index (χ1n) is 12.0. The summed E-state index contributed by atoms with van der Waals surface area (Å²) in [6.45, 7) is 4.36. The second-order valence-electron chi connectivity index (χ2n) is 9.91. The van der Waals surface area contributed by atoms with E-state index in [1.165, 1.54) is 4.90 Å². The number of methoxy groups -OCH3 is 1. The van der Waals surface area contributed by atoms with Crippen LogP contribution in [-0.4, -0.2) is 53.9 Å². The SMILES string of the molecule is COCCN1C(=O)[C@@H]2[C@H](Cc3c[nH]c4ccccc34)N[C@]3(C(=O)Nc4c(C)cc(C)cc43)[C@@H]2C1=O. The fourth-order valence-corrected chi connectivity index (χ4v) is 6.43. The summed E-state index contributed by atoms with van der Waals surface area (Å²) in [4.78, 5) is 45.7. The number of nitrogens with zero attached hydrogens (tertiary/aromatic N) is 1. The molecule has 3 N–H and O–H groups in total. The van der Waals surface area contributed by atoms with Crippen LogP contribution in [0.3, 0.4) is 0 Å². The van der Waals surface area contributed by atoms with Crippen molar-refractivity contribution in [3.05, 3.63) is 64.8 Å². The van der Waals surface area contributed by atoms with Crippen molar-refractivity contribution in [3.8, 4) is 0 Å². The molecule has 0 saturated carbocycles. The van der Waals surface area contributed by atoms with E-state index in [0.717, 1.165) is 38.8 Å². The molecule has 2 fully saturated rings. The van der Waals surface area contributed by atoms with Gasteiger partial charge in [0.05, 0.1) is 25.0 Å². The van der Waals surface area contributed by atoms with E-state index in [1.807, 2.05) is 56.4 Å². The Kier molecular flexibility index (Phi) is 4.88. The van der Waals surface area contributed by atoms with Gasteiger partial charge < -0.3 is 15.0 Å². The molecule has 3 amide bonds. The molecular weight excluding hydrogens is 444 g/mol. The van der Waals surface area contributed by atoms with Gasteiger partial charge in [-0.05, 0) is 37.5 Å². The topological polar surface area (TPSA) is 104 Å². The van der Waals surface area contributed by atoms with Crippen LogP contribution in [0.4, 0.5) is 5.69 Å². The normalized spacial score (nSPS) is 27.2. The summed E-state index contributed by atoms with van der Waals surface area (Å²) in [6, 6.07) is 11.6. The van der Waals surface area contributed by atoms with Crippen molar-refractivity contribution >= 4 is 34.3 Å². The number of carbonyl (C=O) groups is 3. The molecule has 0 radical (unpaired) electrons. The van der Waals surface area contributed by atoms with Crippen LogP contribution in [0.5, 0.6) is 0 Å². The highest BCUT2D eigenvalue weighted by Crippen LogP contribution is 2.54. The highest BCUT2D eigenvalue weighted by molar-refractivity contribution is 6.15. The molecule has 1 aromatic heterocycles. The Morgan fingerprint density at radius 3 is 2.69 bits per heavy atom. The Balaban J connectivity index is 1.49. The van der Waals surface area contributed by atoms with E-state index >= 15 is 0 Å². The van der Waals surface area contributed by atoms with Gasteiger partial charge in [-0.3, -0.25) is 24.6 Å². The predicted octanol–water partition coefficient (Wildman–Crippen LogP) is 2.39.